The van der Waals surface area contributed by atoms with E-state index in [0.29, 0.717) is 23.0 Å². The van der Waals surface area contributed by atoms with Crippen molar-refractivity contribution in [1.82, 2.24) is 4.72 Å². The van der Waals surface area contributed by atoms with Gasteiger partial charge in [0.15, 0.2) is 0 Å². The Balaban J connectivity index is 1.98. The Morgan fingerprint density at radius 2 is 1.73 bits per heavy atom. The fourth-order valence-corrected chi connectivity index (χ4v) is 4.84. The van der Waals surface area contributed by atoms with Gasteiger partial charge in [-0.15, -0.1) is 0 Å². The highest BCUT2D eigenvalue weighted by Crippen LogP contribution is 2.31. The molecule has 8 heteroatoms. The van der Waals surface area contributed by atoms with Gasteiger partial charge in [0.05, 0.1) is 10.3 Å². The molecule has 0 saturated heterocycles. The maximum atomic E-state index is 13.2. The maximum Gasteiger partial charge on any atom is 0.336 e. The largest absolute Gasteiger partial charge is 0.425 e. The van der Waals surface area contributed by atoms with Crippen molar-refractivity contribution >= 4 is 27.0 Å². The quantitative estimate of drug-likeness (QED) is 0.299. The minimum absolute atomic E-state index is 0.0294. The molecular formula is C25H29NO6S. The van der Waals surface area contributed by atoms with E-state index in [4.69, 9.17) is 9.15 Å². The predicted molar refractivity (Wildman–Crippen MR) is 127 cm³/mol. The van der Waals surface area contributed by atoms with Crippen LogP contribution >= 0.6 is 0 Å². The van der Waals surface area contributed by atoms with Crippen LogP contribution in [0.15, 0.2) is 56.6 Å². The van der Waals surface area contributed by atoms with Gasteiger partial charge in [-0.1, -0.05) is 38.5 Å². The molecule has 1 unspecified atom stereocenters. The molecule has 0 radical (unpaired) electrons. The van der Waals surface area contributed by atoms with Crippen molar-refractivity contribution < 1.29 is 22.4 Å². The van der Waals surface area contributed by atoms with Gasteiger partial charge in [-0.3, -0.25) is 0 Å². The van der Waals surface area contributed by atoms with Gasteiger partial charge < -0.3 is 9.15 Å². The summed E-state index contributed by atoms with van der Waals surface area (Å²) in [7, 11) is -3.94. The van der Waals surface area contributed by atoms with Gasteiger partial charge in [0, 0.05) is 6.07 Å². The van der Waals surface area contributed by atoms with Crippen molar-refractivity contribution in [3.8, 4) is 5.75 Å². The molecule has 33 heavy (non-hydrogen) atoms. The third kappa shape index (κ3) is 5.89. The van der Waals surface area contributed by atoms with Gasteiger partial charge >= 0.3 is 11.6 Å². The third-order valence-corrected chi connectivity index (χ3v) is 6.73. The van der Waals surface area contributed by atoms with Crippen LogP contribution in [0.2, 0.25) is 0 Å². The number of hydrogen-bond donors (Lipinski definition) is 1. The normalized spacial score (nSPS) is 12.8. The minimum atomic E-state index is -3.94. The van der Waals surface area contributed by atoms with Gasteiger partial charge in [0.2, 0.25) is 10.0 Å². The first-order valence-electron chi connectivity index (χ1n) is 10.9. The smallest absolute Gasteiger partial charge is 0.336 e. The molecule has 2 aromatic carbocycles. The SMILES string of the molecule is CCc1cc(=O)oc2cc(C)cc(OC(=O)C(CC(C)C)NS(=O)(=O)c3ccc(C)cc3)c12. The first-order valence-corrected chi connectivity index (χ1v) is 12.4. The average Bonchev–Trinajstić information content (AvgIpc) is 2.71. The van der Waals surface area contributed by atoms with Gasteiger partial charge in [0.1, 0.15) is 17.4 Å². The molecule has 1 N–H and O–H groups in total. The number of fused-ring (bicyclic) bond motifs is 1. The molecule has 3 aromatic rings. The second kappa shape index (κ2) is 9.89. The van der Waals surface area contributed by atoms with Gasteiger partial charge in [0.25, 0.3) is 0 Å². The summed E-state index contributed by atoms with van der Waals surface area (Å²) in [4.78, 5) is 25.2. The van der Waals surface area contributed by atoms with Crippen LogP contribution in [0.3, 0.4) is 0 Å². The minimum Gasteiger partial charge on any atom is -0.425 e. The first kappa shape index (κ1) is 24.7. The van der Waals surface area contributed by atoms with Crippen LogP contribution in [0, 0.1) is 19.8 Å². The summed E-state index contributed by atoms with van der Waals surface area (Å²) in [6.07, 6.45) is 0.786. The highest BCUT2D eigenvalue weighted by Gasteiger charge is 2.29. The molecule has 0 fully saturated rings. The average molecular weight is 472 g/mol. The number of sulfonamides is 1. The zero-order valence-corrected chi connectivity index (χ0v) is 20.3. The number of ether oxygens (including phenoxy) is 1. The van der Waals surface area contributed by atoms with E-state index in [1.807, 2.05) is 27.7 Å². The molecule has 0 aliphatic rings. The van der Waals surface area contributed by atoms with E-state index in [2.05, 4.69) is 4.72 Å². The summed E-state index contributed by atoms with van der Waals surface area (Å²) in [5.74, 6) is -0.458. The lowest BCUT2D eigenvalue weighted by atomic mass is 10.0. The summed E-state index contributed by atoms with van der Waals surface area (Å²) in [6.45, 7) is 9.33. The number of aryl methyl sites for hydroxylation is 3. The Morgan fingerprint density at radius 3 is 2.33 bits per heavy atom. The summed E-state index contributed by atoms with van der Waals surface area (Å²) in [5, 5.41) is 0.528. The molecule has 0 aliphatic carbocycles. The molecule has 0 amide bonds. The summed E-state index contributed by atoms with van der Waals surface area (Å²) in [5.41, 5.74) is 2.19. The monoisotopic (exact) mass is 471 g/mol. The molecule has 1 heterocycles. The van der Waals surface area contributed by atoms with Crippen molar-refractivity contribution in [2.24, 2.45) is 5.92 Å². The Kier molecular flexibility index (Phi) is 7.39. The molecule has 176 valence electrons. The van der Waals surface area contributed by atoms with E-state index in [1.165, 1.54) is 18.2 Å². The number of esters is 1. The number of hydrogen-bond acceptors (Lipinski definition) is 6. The zero-order valence-electron chi connectivity index (χ0n) is 19.5. The number of carbonyl (C=O) groups excluding carboxylic acids is 1. The van der Waals surface area contributed by atoms with E-state index in [9.17, 15) is 18.0 Å². The summed E-state index contributed by atoms with van der Waals surface area (Å²) >= 11 is 0. The van der Waals surface area contributed by atoms with Gasteiger partial charge in [-0.05, 0) is 68.0 Å². The van der Waals surface area contributed by atoms with E-state index in [-0.39, 0.29) is 23.0 Å². The Bertz CT molecular complexity index is 1320. The Labute approximate surface area is 193 Å². The van der Waals surface area contributed by atoms with Crippen molar-refractivity contribution in [1.29, 1.82) is 0 Å². The van der Waals surface area contributed by atoms with Crippen LogP contribution in [0.5, 0.6) is 5.75 Å². The highest BCUT2D eigenvalue weighted by atomic mass is 32.2. The topological polar surface area (TPSA) is 103 Å². The van der Waals surface area contributed by atoms with Crippen LogP contribution in [-0.4, -0.2) is 20.4 Å². The van der Waals surface area contributed by atoms with Crippen LogP contribution in [0.25, 0.3) is 11.0 Å². The number of benzene rings is 2. The maximum absolute atomic E-state index is 13.2. The molecule has 1 atom stereocenters. The van der Waals surface area contributed by atoms with Crippen LogP contribution in [-0.2, 0) is 21.2 Å². The van der Waals surface area contributed by atoms with E-state index < -0.39 is 27.7 Å². The molecule has 1 aromatic heterocycles. The third-order valence-electron chi connectivity index (χ3n) is 5.25. The second-order valence-corrected chi connectivity index (χ2v) is 10.3. The molecule has 7 nitrogen and oxygen atoms in total. The summed E-state index contributed by atoms with van der Waals surface area (Å²) < 4.78 is 39.4. The van der Waals surface area contributed by atoms with Gasteiger partial charge in [-0.2, -0.15) is 4.72 Å². The summed E-state index contributed by atoms with van der Waals surface area (Å²) in [6, 6.07) is 10.1. The van der Waals surface area contributed by atoms with Crippen LogP contribution in [0.4, 0.5) is 0 Å². The Hall–Kier alpha value is -2.97. The lowest BCUT2D eigenvalue weighted by molar-refractivity contribution is -0.136. The second-order valence-electron chi connectivity index (χ2n) is 8.62. The van der Waals surface area contributed by atoms with E-state index in [1.54, 1.807) is 31.2 Å². The van der Waals surface area contributed by atoms with Crippen molar-refractivity contribution in [3.63, 3.8) is 0 Å². The van der Waals surface area contributed by atoms with Crippen LogP contribution in [0.1, 0.15) is 43.9 Å². The Morgan fingerprint density at radius 1 is 1.06 bits per heavy atom. The molecule has 0 bridgehead atoms. The standard InChI is InChI=1S/C25H29NO6S/c1-6-18-14-23(27)31-21-12-17(5)13-22(24(18)21)32-25(28)20(11-15(2)3)26-33(29,30)19-9-7-16(4)8-10-19/h7-10,12-15,20,26H,6,11H2,1-5H3. The molecule has 0 spiro atoms. The van der Waals surface area contributed by atoms with E-state index in [0.717, 1.165) is 11.1 Å². The fraction of sp³-hybridized carbons (Fsp3) is 0.360. The highest BCUT2D eigenvalue weighted by molar-refractivity contribution is 7.89. The molecule has 0 aliphatic heterocycles. The van der Waals surface area contributed by atoms with E-state index >= 15 is 0 Å². The fourth-order valence-electron chi connectivity index (χ4n) is 3.65. The van der Waals surface area contributed by atoms with Crippen molar-refractivity contribution in [2.75, 3.05) is 0 Å². The molecule has 3 rings (SSSR count). The van der Waals surface area contributed by atoms with Crippen LogP contribution < -0.4 is 15.1 Å². The number of rotatable bonds is 8. The zero-order chi connectivity index (χ0) is 24.3. The number of nitrogens with one attached hydrogen (secondary N) is 1. The first-order chi connectivity index (χ1) is 15.5. The van der Waals surface area contributed by atoms with Gasteiger partial charge in [-0.25, -0.2) is 18.0 Å². The molecular weight excluding hydrogens is 442 g/mol. The van der Waals surface area contributed by atoms with Crippen molar-refractivity contribution in [2.45, 2.75) is 58.4 Å². The number of carbonyl (C=O) groups is 1. The van der Waals surface area contributed by atoms with Crippen molar-refractivity contribution in [3.05, 3.63) is 69.6 Å². The predicted octanol–water partition coefficient (Wildman–Crippen LogP) is 4.27. The lowest BCUT2D eigenvalue weighted by Crippen LogP contribution is -2.43. The molecule has 0 saturated carbocycles. The lowest BCUT2D eigenvalue weighted by Gasteiger charge is -2.20.